The highest BCUT2D eigenvalue weighted by molar-refractivity contribution is 5.85. The van der Waals surface area contributed by atoms with E-state index in [1.54, 1.807) is 0 Å². The van der Waals surface area contributed by atoms with Gasteiger partial charge in [0, 0.05) is 18.9 Å². The summed E-state index contributed by atoms with van der Waals surface area (Å²) in [5.41, 5.74) is 2.61. The van der Waals surface area contributed by atoms with E-state index in [2.05, 4.69) is 76.9 Å². The predicted octanol–water partition coefficient (Wildman–Crippen LogP) is 3.02. The van der Waals surface area contributed by atoms with Gasteiger partial charge in [0.25, 0.3) is 0 Å². The zero-order chi connectivity index (χ0) is 15.7. The highest BCUT2D eigenvalue weighted by atomic mass is 15.2. The molecular weight excluding hydrogens is 272 g/mol. The fraction of sp³-hybridized carbons (Fsp3) is 0.333. The summed E-state index contributed by atoms with van der Waals surface area (Å²) in [5, 5.41) is 4.50. The van der Waals surface area contributed by atoms with E-state index in [1.165, 1.54) is 16.5 Å². The minimum atomic E-state index is 0.902. The van der Waals surface area contributed by atoms with Crippen LogP contribution in [-0.4, -0.2) is 16.6 Å². The van der Waals surface area contributed by atoms with E-state index in [9.17, 15) is 0 Å². The SMILES string of the molecule is CCc1cn(-c2cc(NC)nc(CC)[n+]2C)c2ccccc12. The van der Waals surface area contributed by atoms with Crippen molar-refractivity contribution in [3.63, 3.8) is 0 Å². The Bertz CT molecular complexity index is 817. The molecule has 2 heterocycles. The van der Waals surface area contributed by atoms with Crippen molar-refractivity contribution in [1.82, 2.24) is 9.55 Å². The number of para-hydroxylation sites is 1. The highest BCUT2D eigenvalue weighted by Gasteiger charge is 2.19. The summed E-state index contributed by atoms with van der Waals surface area (Å²) in [6.07, 6.45) is 4.18. The molecule has 114 valence electrons. The van der Waals surface area contributed by atoms with Crippen LogP contribution in [0, 0.1) is 0 Å². The van der Waals surface area contributed by atoms with Crippen molar-refractivity contribution in [2.24, 2.45) is 7.05 Å². The third-order valence-corrected chi connectivity index (χ3v) is 4.24. The number of anilines is 1. The average Bonchev–Trinajstić information content (AvgIpc) is 2.94. The molecule has 0 saturated carbocycles. The molecule has 0 fully saturated rings. The van der Waals surface area contributed by atoms with E-state index in [-0.39, 0.29) is 0 Å². The first-order valence-corrected chi connectivity index (χ1v) is 7.86. The van der Waals surface area contributed by atoms with Crippen LogP contribution < -0.4 is 9.88 Å². The van der Waals surface area contributed by atoms with E-state index in [1.807, 2.05) is 7.05 Å². The quantitative estimate of drug-likeness (QED) is 0.751. The summed E-state index contributed by atoms with van der Waals surface area (Å²) in [7, 11) is 4.00. The minimum Gasteiger partial charge on any atom is -0.359 e. The van der Waals surface area contributed by atoms with Crippen molar-refractivity contribution >= 4 is 16.7 Å². The van der Waals surface area contributed by atoms with Crippen molar-refractivity contribution in [2.45, 2.75) is 26.7 Å². The van der Waals surface area contributed by atoms with Crippen LogP contribution in [0.15, 0.2) is 36.5 Å². The molecule has 4 nitrogen and oxygen atoms in total. The average molecular weight is 295 g/mol. The Labute approximate surface area is 131 Å². The lowest BCUT2D eigenvalue weighted by molar-refractivity contribution is -0.676. The molecule has 0 atom stereocenters. The number of aromatic nitrogens is 3. The third kappa shape index (κ3) is 2.25. The number of benzene rings is 1. The van der Waals surface area contributed by atoms with Crippen LogP contribution in [0.5, 0.6) is 0 Å². The van der Waals surface area contributed by atoms with Gasteiger partial charge in [-0.3, -0.25) is 0 Å². The van der Waals surface area contributed by atoms with Crippen LogP contribution in [0.4, 0.5) is 5.82 Å². The lowest BCUT2D eigenvalue weighted by atomic mass is 10.1. The van der Waals surface area contributed by atoms with Gasteiger partial charge in [0.15, 0.2) is 0 Å². The summed E-state index contributed by atoms with van der Waals surface area (Å²) in [5.74, 6) is 3.10. The van der Waals surface area contributed by atoms with Crippen LogP contribution in [0.1, 0.15) is 25.2 Å². The summed E-state index contributed by atoms with van der Waals surface area (Å²) in [6, 6.07) is 10.7. The van der Waals surface area contributed by atoms with Gasteiger partial charge in [-0.25, -0.2) is 9.13 Å². The number of aryl methyl sites for hydroxylation is 2. The summed E-state index contributed by atoms with van der Waals surface area (Å²) in [6.45, 7) is 4.34. The Morgan fingerprint density at radius 2 is 1.95 bits per heavy atom. The molecule has 0 aliphatic carbocycles. The van der Waals surface area contributed by atoms with Crippen LogP contribution in [0.25, 0.3) is 16.7 Å². The number of hydrogen-bond donors (Lipinski definition) is 1. The lowest BCUT2D eigenvalue weighted by Gasteiger charge is -2.09. The zero-order valence-corrected chi connectivity index (χ0v) is 13.7. The number of fused-ring (bicyclic) bond motifs is 1. The van der Waals surface area contributed by atoms with Gasteiger partial charge in [0.05, 0.1) is 19.3 Å². The third-order valence-electron chi connectivity index (χ3n) is 4.24. The number of nitrogens with one attached hydrogen (secondary N) is 1. The molecule has 0 spiro atoms. The molecule has 3 aromatic rings. The molecule has 0 bridgehead atoms. The first kappa shape index (κ1) is 14.6. The van der Waals surface area contributed by atoms with E-state index < -0.39 is 0 Å². The second-order valence-corrected chi connectivity index (χ2v) is 5.47. The lowest BCUT2D eigenvalue weighted by Crippen LogP contribution is -2.39. The molecule has 22 heavy (non-hydrogen) atoms. The van der Waals surface area contributed by atoms with Gasteiger partial charge in [0.2, 0.25) is 17.5 Å². The van der Waals surface area contributed by atoms with Gasteiger partial charge in [-0.15, -0.1) is 0 Å². The maximum Gasteiger partial charge on any atom is 0.240 e. The molecule has 0 saturated heterocycles. The molecule has 0 radical (unpaired) electrons. The van der Waals surface area contributed by atoms with Crippen LogP contribution >= 0.6 is 0 Å². The Kier molecular flexibility index (Phi) is 3.84. The number of rotatable bonds is 4. The fourth-order valence-electron chi connectivity index (χ4n) is 2.99. The zero-order valence-electron chi connectivity index (χ0n) is 13.7. The Balaban J connectivity index is 2.32. The van der Waals surface area contributed by atoms with Crippen molar-refractivity contribution in [2.75, 3.05) is 12.4 Å². The van der Waals surface area contributed by atoms with Gasteiger partial charge >= 0.3 is 0 Å². The van der Waals surface area contributed by atoms with Crippen LogP contribution in [0.2, 0.25) is 0 Å². The second kappa shape index (κ2) is 5.79. The van der Waals surface area contributed by atoms with Crippen molar-refractivity contribution in [3.05, 3.63) is 47.9 Å². The first-order chi connectivity index (χ1) is 10.7. The largest absolute Gasteiger partial charge is 0.359 e. The van der Waals surface area contributed by atoms with Crippen LogP contribution in [-0.2, 0) is 19.9 Å². The molecule has 1 N–H and O–H groups in total. The monoisotopic (exact) mass is 295 g/mol. The molecule has 1 aromatic carbocycles. The second-order valence-electron chi connectivity index (χ2n) is 5.47. The molecular formula is C18H23N4+. The van der Waals surface area contributed by atoms with Gasteiger partial charge in [-0.2, -0.15) is 0 Å². The standard InChI is InChI=1S/C18H22N4/c1-5-13-12-22(15-10-8-7-9-14(13)15)18-11-16(19-3)20-17(6-2)21(18)4/h7-12H,5-6H2,1-4H3/p+1. The van der Waals surface area contributed by atoms with Gasteiger partial charge < -0.3 is 5.32 Å². The molecule has 0 unspecified atom stereocenters. The van der Waals surface area contributed by atoms with Gasteiger partial charge in [-0.05, 0) is 18.1 Å². The first-order valence-electron chi connectivity index (χ1n) is 7.86. The summed E-state index contributed by atoms with van der Waals surface area (Å²) < 4.78 is 4.45. The fourth-order valence-corrected chi connectivity index (χ4v) is 2.99. The smallest absolute Gasteiger partial charge is 0.240 e. The van der Waals surface area contributed by atoms with Gasteiger partial charge in [0.1, 0.15) is 5.52 Å². The number of hydrogen-bond acceptors (Lipinski definition) is 2. The Morgan fingerprint density at radius 1 is 1.18 bits per heavy atom. The van der Waals surface area contributed by atoms with Crippen molar-refractivity contribution < 1.29 is 4.57 Å². The van der Waals surface area contributed by atoms with Crippen molar-refractivity contribution in [3.8, 4) is 5.82 Å². The van der Waals surface area contributed by atoms with Crippen molar-refractivity contribution in [1.29, 1.82) is 0 Å². The Morgan fingerprint density at radius 3 is 2.64 bits per heavy atom. The molecule has 4 heteroatoms. The van der Waals surface area contributed by atoms with E-state index in [0.29, 0.717) is 0 Å². The number of nitrogens with zero attached hydrogens (tertiary/aromatic N) is 3. The van der Waals surface area contributed by atoms with E-state index in [4.69, 9.17) is 0 Å². The van der Waals surface area contributed by atoms with E-state index >= 15 is 0 Å². The normalized spacial score (nSPS) is 11.1. The molecule has 0 aliphatic heterocycles. The summed E-state index contributed by atoms with van der Waals surface area (Å²) >= 11 is 0. The molecule has 0 amide bonds. The predicted molar refractivity (Wildman–Crippen MR) is 90.5 cm³/mol. The molecule has 2 aromatic heterocycles. The Hall–Kier alpha value is -2.36. The van der Waals surface area contributed by atoms with E-state index in [0.717, 1.165) is 30.3 Å². The molecule has 3 rings (SSSR count). The molecule has 0 aliphatic rings. The van der Waals surface area contributed by atoms with Crippen LogP contribution in [0.3, 0.4) is 0 Å². The maximum absolute atomic E-state index is 4.64. The summed E-state index contributed by atoms with van der Waals surface area (Å²) in [4.78, 5) is 4.64. The minimum absolute atomic E-state index is 0.902. The highest BCUT2D eigenvalue weighted by Crippen LogP contribution is 2.24. The topological polar surface area (TPSA) is 33.7 Å². The maximum atomic E-state index is 4.64. The van der Waals surface area contributed by atoms with Gasteiger partial charge in [-0.1, -0.05) is 37.0 Å².